The van der Waals surface area contributed by atoms with Crippen LogP contribution in [0.3, 0.4) is 0 Å². The molecule has 10 atom stereocenters. The van der Waals surface area contributed by atoms with Crippen molar-refractivity contribution in [3.63, 3.8) is 0 Å². The zero-order valence-corrected chi connectivity index (χ0v) is 86.2. The van der Waals surface area contributed by atoms with Gasteiger partial charge in [-0.3, -0.25) is 102 Å². The molecule has 0 bridgehead atoms. The van der Waals surface area contributed by atoms with Crippen LogP contribution in [0.4, 0.5) is 0 Å². The monoisotopic (exact) mass is 2060 g/mol. The molecule has 0 aromatic carbocycles. The molecule has 52 heteroatoms. The number of hydrogen-bond acceptors (Lipinski definition) is 26. The molecule has 2 unspecified atom stereocenters. The van der Waals surface area contributed by atoms with E-state index in [-0.39, 0.29) is 222 Å². The molecule has 824 valence electrons. The Morgan fingerprint density at radius 3 is 0.854 bits per heavy atom. The second-order valence-corrected chi connectivity index (χ2v) is 36.6. The highest BCUT2D eigenvalue weighted by molar-refractivity contribution is 7.47. The zero-order valence-electron chi connectivity index (χ0n) is 85.3. The first-order valence-electron chi connectivity index (χ1n) is 50.9. The Morgan fingerprint density at radius 2 is 0.562 bits per heavy atom. The van der Waals surface area contributed by atoms with Gasteiger partial charge in [0, 0.05) is 71.7 Å². The van der Waals surface area contributed by atoms with Gasteiger partial charge < -0.3 is 160 Å². The summed E-state index contributed by atoms with van der Waals surface area (Å²) in [4.78, 5) is 199. The van der Waals surface area contributed by atoms with Gasteiger partial charge in [0.05, 0.1) is 32.3 Å². The van der Waals surface area contributed by atoms with Crippen molar-refractivity contribution in [2.24, 2.45) is 137 Å². The van der Waals surface area contributed by atoms with E-state index in [1.807, 2.05) is 0 Å². The number of guanidine groups is 8. The van der Waals surface area contributed by atoms with Crippen LogP contribution in [0.2, 0.25) is 0 Å². The van der Waals surface area contributed by atoms with E-state index < -0.39 is 160 Å². The highest BCUT2D eigenvalue weighted by atomic mass is 31.2. The smallest absolute Gasteiger partial charge is 0.462 e. The van der Waals surface area contributed by atoms with E-state index >= 15 is 4.79 Å². The predicted molar refractivity (Wildman–Crippen MR) is 563 cm³/mol. The zero-order chi connectivity index (χ0) is 107. The number of phosphoric acid groups is 1. The van der Waals surface area contributed by atoms with Gasteiger partial charge in [-0.2, -0.15) is 0 Å². The van der Waals surface area contributed by atoms with E-state index in [2.05, 4.69) is 126 Å². The number of ether oxygens (including phenoxy) is 2. The summed E-state index contributed by atoms with van der Waals surface area (Å²) in [6.45, 7) is 1.30. The summed E-state index contributed by atoms with van der Waals surface area (Å²) in [5, 5.41) is 23.8. The fourth-order valence-electron chi connectivity index (χ4n) is 14.3. The molecule has 0 saturated heterocycles. The van der Waals surface area contributed by atoms with Crippen LogP contribution >= 0.6 is 7.82 Å². The molecule has 0 heterocycles. The summed E-state index contributed by atoms with van der Waals surface area (Å²) in [5.41, 5.74) is 95.9. The summed E-state index contributed by atoms with van der Waals surface area (Å²) < 4.78 is 34.9. The molecular weight excluding hydrogens is 1880 g/mol. The van der Waals surface area contributed by atoms with Crippen LogP contribution in [-0.4, -0.2) is 264 Å². The van der Waals surface area contributed by atoms with Gasteiger partial charge in [-0.05, 0) is 167 Å². The normalized spacial score (nSPS) is 13.4. The Labute approximate surface area is 849 Å². The molecule has 8 amide bonds. The van der Waals surface area contributed by atoms with Gasteiger partial charge in [0.1, 0.15) is 48.9 Å². The van der Waals surface area contributed by atoms with Crippen molar-refractivity contribution in [1.82, 2.24) is 47.9 Å². The molecule has 44 N–H and O–H groups in total. The SMILES string of the molecule is CCCCCCCC/C=C\CCCCCCCC(=O)OCC(COP(=O)(O)OCCNCC(=O)CNC(=O)[C@H](CCCN=C(N)N)NC(=O)[C@H](CCCN=C(N)N)NC(=O)[C@H](CCCN=C(N)N)NC(=O)[C@H](CCCN=C(N)N)NC(=O)[C@H](CCCN=C(N)N)NC(=O)[C@H](CCCN=C(N)N)NC(=O)[C@H](CCCN=C(N)N)NC(=O)[C@@H](N)CCCN=C(N)N)OC(=O)CCCCCCC/C=C\CCCCCCCC. The van der Waals surface area contributed by atoms with Gasteiger partial charge in [-0.15, -0.1) is 0 Å². The average Bonchev–Trinajstić information content (AvgIpc) is 0.853. The van der Waals surface area contributed by atoms with Crippen LogP contribution in [0.15, 0.2) is 64.2 Å². The quantitative estimate of drug-likeness (QED) is 0.00874. The number of carbonyl (C=O) groups is 11. The summed E-state index contributed by atoms with van der Waals surface area (Å²) in [5.74, 6) is -11.4. The number of phosphoric ester groups is 1. The number of hydrogen-bond donors (Lipinski definition) is 27. The van der Waals surface area contributed by atoms with Gasteiger partial charge in [-0.1, -0.05) is 141 Å². The third-order valence-corrected chi connectivity index (χ3v) is 23.1. The minimum Gasteiger partial charge on any atom is -0.462 e. The van der Waals surface area contributed by atoms with E-state index in [4.69, 9.17) is 116 Å². The maximum absolute atomic E-state index is 15.0. The van der Waals surface area contributed by atoms with Crippen molar-refractivity contribution in [2.75, 3.05) is 91.8 Å². The molecule has 144 heavy (non-hydrogen) atoms. The van der Waals surface area contributed by atoms with Gasteiger partial charge >= 0.3 is 19.8 Å². The first kappa shape index (κ1) is 132. The van der Waals surface area contributed by atoms with E-state index in [9.17, 15) is 57.4 Å². The Balaban J connectivity index is 7.02. The van der Waals surface area contributed by atoms with Crippen LogP contribution in [0.1, 0.15) is 296 Å². The number of unbranched alkanes of at least 4 members (excludes halogenated alkanes) is 22. The number of nitrogens with one attached hydrogen (secondary N) is 9. The van der Waals surface area contributed by atoms with Crippen LogP contribution < -0.4 is 145 Å². The summed E-state index contributed by atoms with van der Waals surface area (Å²) >= 11 is 0. The molecule has 51 nitrogen and oxygen atoms in total. The number of rotatable bonds is 91. The Kier molecular flexibility index (Phi) is 78.3. The van der Waals surface area contributed by atoms with Gasteiger partial charge in [0.15, 0.2) is 59.6 Å². The predicted octanol–water partition coefficient (Wildman–Crippen LogP) is -0.925. The minimum atomic E-state index is -4.88. The maximum Gasteiger partial charge on any atom is 0.472 e. The van der Waals surface area contributed by atoms with Crippen molar-refractivity contribution in [3.8, 4) is 0 Å². The Bertz CT molecular complexity index is 4000. The summed E-state index contributed by atoms with van der Waals surface area (Å²) in [6, 6.07) is -11.8. The van der Waals surface area contributed by atoms with Gasteiger partial charge in [0.25, 0.3) is 0 Å². The molecule has 0 aliphatic carbocycles. The number of Topliss-reactive ketones (excluding diaryl/α,β-unsaturated/α-hetero) is 1. The fourth-order valence-corrected chi connectivity index (χ4v) is 15.1. The number of carbonyl (C=O) groups excluding carboxylic acids is 11. The second kappa shape index (κ2) is 85.4. The average molecular weight is 2060 g/mol. The van der Waals surface area contributed by atoms with Crippen molar-refractivity contribution < 1.29 is 80.7 Å². The number of ketones is 1. The Hall–Kier alpha value is -12.0. The summed E-state index contributed by atoms with van der Waals surface area (Å²) in [6.07, 6.45) is 35.2. The lowest BCUT2D eigenvalue weighted by molar-refractivity contribution is -0.161. The van der Waals surface area contributed by atoms with Crippen molar-refractivity contribution in [2.45, 2.75) is 351 Å². The lowest BCUT2D eigenvalue weighted by atomic mass is 10.0. The van der Waals surface area contributed by atoms with E-state index in [0.29, 0.717) is 12.8 Å². The molecule has 0 fully saturated rings. The molecule has 0 aliphatic heterocycles. The lowest BCUT2D eigenvalue weighted by Crippen LogP contribution is -2.60. The molecule has 0 aromatic heterocycles. The Morgan fingerprint density at radius 1 is 0.306 bits per heavy atom. The molecule has 0 saturated carbocycles. The maximum atomic E-state index is 15.0. The molecule has 0 spiro atoms. The molecule has 0 radical (unpaired) electrons. The second-order valence-electron chi connectivity index (χ2n) is 35.1. The number of nitrogens with zero attached hydrogens (tertiary/aromatic N) is 8. The van der Waals surface area contributed by atoms with Crippen LogP contribution in [0, 0.1) is 0 Å². The number of amides is 8. The summed E-state index contributed by atoms with van der Waals surface area (Å²) in [7, 11) is -4.88. The van der Waals surface area contributed by atoms with Crippen molar-refractivity contribution >= 4 is 120 Å². The topological polar surface area (TPSA) is 911 Å². The van der Waals surface area contributed by atoms with Crippen LogP contribution in [0.25, 0.3) is 0 Å². The van der Waals surface area contributed by atoms with Gasteiger partial charge in [0.2, 0.25) is 47.3 Å². The fraction of sp³-hybridized carbons (Fsp3) is 0.750. The third-order valence-electron chi connectivity index (χ3n) is 22.1. The lowest BCUT2D eigenvalue weighted by Gasteiger charge is -2.28. The molecular formula is C92H179N34O17P. The number of nitrogens with two attached hydrogens (primary N) is 17. The molecule has 0 aliphatic rings. The minimum absolute atomic E-state index is 0.00610. The van der Waals surface area contributed by atoms with E-state index in [1.54, 1.807) is 0 Å². The standard InChI is InChI=1S/C92H179N34O17P/c1-3-5-7-9-11-13-15-17-19-21-23-25-27-29-31-49-75(128)140-63-66(143-76(129)50-32-30-28-26-24-22-20-18-16-14-12-10-8-6-4-2)64-142-144(138,139)141-60-59-110-61-65(127)62-119-78(131)68(42-34-52-112-86(96)97)121-80(133)70(44-36-54-114-88(100)101)123-82(135)72(46-38-56-116-90(104)105)125-84(137)74(48-40-58-118-92(108)109)126-83(136)73(47-39-57-117-91(106)107)124-81(134)71(45-37-55-115-89(102)103)122-79(132)69(43-35-53-113-87(98)99)120-77(130)67(93)41-33-51-111-85(94)95/h17-20,66-74,110H,3-16,21-64,93H2,1-2H3,(H,119,131)(H,120,130)(H,121,133)(H,122,132)(H,123,135)(H,124,134)(H,125,137)(H,126,136)(H,138,139)(H4,94,95,111)(H4,96,97,112)(H4,98,99,113)(H4,100,101,114)(H4,102,103,115)(H4,104,105,116)(H4,106,107,117)(H4,108,109,118)/b19-17-,20-18-/t66?,67-,68-,69-,70-,71-,72-,73-,74-/m0/s1. The third kappa shape index (κ3) is 77.6. The van der Waals surface area contributed by atoms with Gasteiger partial charge in [-0.25, -0.2) is 4.57 Å². The van der Waals surface area contributed by atoms with E-state index in [1.165, 1.54) is 77.0 Å². The first-order valence-corrected chi connectivity index (χ1v) is 52.4. The largest absolute Gasteiger partial charge is 0.472 e. The number of allylic oxidation sites excluding steroid dienone is 4. The first-order chi connectivity index (χ1) is 68.8. The van der Waals surface area contributed by atoms with Crippen molar-refractivity contribution in [1.29, 1.82) is 0 Å². The number of esters is 2. The number of aliphatic imine (C=N–C) groups is 8. The van der Waals surface area contributed by atoms with Crippen molar-refractivity contribution in [3.05, 3.63) is 24.3 Å². The highest BCUT2D eigenvalue weighted by Crippen LogP contribution is 2.43. The van der Waals surface area contributed by atoms with E-state index in [0.717, 1.165) is 77.0 Å². The highest BCUT2D eigenvalue weighted by Gasteiger charge is 2.36. The van der Waals surface area contributed by atoms with Crippen LogP contribution in [-0.2, 0) is 75.8 Å². The molecule has 0 rings (SSSR count). The van der Waals surface area contributed by atoms with Crippen LogP contribution in [0.5, 0.6) is 0 Å². The molecule has 0 aromatic rings.